The first kappa shape index (κ1) is 17.7. The van der Waals surface area contributed by atoms with Crippen molar-refractivity contribution in [1.82, 2.24) is 10.2 Å². The Bertz CT molecular complexity index is 728. The van der Waals surface area contributed by atoms with E-state index in [4.69, 9.17) is 0 Å². The minimum atomic E-state index is 0.155. The predicted molar refractivity (Wildman–Crippen MR) is 103 cm³/mol. The summed E-state index contributed by atoms with van der Waals surface area (Å²) < 4.78 is 0. The molecule has 0 radical (unpaired) electrons. The first-order valence-corrected chi connectivity index (χ1v) is 9.12. The van der Waals surface area contributed by atoms with Gasteiger partial charge in [-0.15, -0.1) is 0 Å². The van der Waals surface area contributed by atoms with Crippen LogP contribution in [-0.4, -0.2) is 31.4 Å². The third-order valence-corrected chi connectivity index (χ3v) is 5.23. The molecule has 0 bridgehead atoms. The molecule has 2 aromatic rings. The maximum absolute atomic E-state index is 11.4. The van der Waals surface area contributed by atoms with Crippen LogP contribution in [-0.2, 0) is 30.6 Å². The highest BCUT2D eigenvalue weighted by atomic mass is 16.1. The van der Waals surface area contributed by atoms with Crippen LogP contribution in [0.4, 0.5) is 0 Å². The van der Waals surface area contributed by atoms with Gasteiger partial charge in [0.1, 0.15) is 0 Å². The SMILES string of the molecule is CNC(=O)C1Cc2ccccc2C1.Cc1ccc2c(c1)CCN(C)C2. The van der Waals surface area contributed by atoms with Gasteiger partial charge in [0.2, 0.25) is 5.91 Å². The Labute approximate surface area is 151 Å². The van der Waals surface area contributed by atoms with Crippen LogP contribution < -0.4 is 5.32 Å². The number of amides is 1. The van der Waals surface area contributed by atoms with Gasteiger partial charge < -0.3 is 10.2 Å². The molecule has 0 spiro atoms. The van der Waals surface area contributed by atoms with E-state index in [2.05, 4.69) is 54.5 Å². The Hall–Kier alpha value is -2.13. The Balaban J connectivity index is 0.000000146. The summed E-state index contributed by atoms with van der Waals surface area (Å²) in [6.45, 7) is 4.49. The number of rotatable bonds is 1. The highest BCUT2D eigenvalue weighted by Gasteiger charge is 2.25. The van der Waals surface area contributed by atoms with E-state index in [1.54, 1.807) is 12.6 Å². The first-order chi connectivity index (χ1) is 12.1. The van der Waals surface area contributed by atoms with Crippen molar-refractivity contribution >= 4 is 5.91 Å². The molecule has 4 rings (SSSR count). The molecule has 3 nitrogen and oxygen atoms in total. The van der Waals surface area contributed by atoms with Crippen LogP contribution in [0.2, 0.25) is 0 Å². The van der Waals surface area contributed by atoms with E-state index in [1.807, 2.05) is 12.1 Å². The number of likely N-dealkylation sites (N-methyl/N-ethyl adjacent to an activating group) is 1. The van der Waals surface area contributed by atoms with Gasteiger partial charge in [0.05, 0.1) is 0 Å². The summed E-state index contributed by atoms with van der Waals surface area (Å²) >= 11 is 0. The zero-order chi connectivity index (χ0) is 17.8. The Morgan fingerprint density at radius 2 is 1.72 bits per heavy atom. The van der Waals surface area contributed by atoms with Gasteiger partial charge in [-0.1, -0.05) is 48.0 Å². The average Bonchev–Trinajstić information content (AvgIpc) is 3.06. The molecule has 0 atom stereocenters. The molecule has 1 heterocycles. The van der Waals surface area contributed by atoms with Gasteiger partial charge in [0, 0.05) is 26.1 Å². The van der Waals surface area contributed by atoms with E-state index in [0.717, 1.165) is 19.4 Å². The standard InChI is InChI=1S/C11H13NO.C11H15N/c1-12-11(13)10-6-8-4-2-3-5-9(8)7-10;1-9-3-4-11-8-12(2)6-5-10(11)7-9/h2-5,10H,6-7H2,1H3,(H,12,13);3-4,7H,5-6,8H2,1-2H3. The van der Waals surface area contributed by atoms with E-state index in [9.17, 15) is 4.79 Å². The second-order valence-electron chi connectivity index (χ2n) is 7.25. The van der Waals surface area contributed by atoms with E-state index in [1.165, 1.54) is 35.2 Å². The molecule has 1 amide bonds. The summed E-state index contributed by atoms with van der Waals surface area (Å²) in [6, 6.07) is 15.1. The third-order valence-electron chi connectivity index (χ3n) is 5.23. The number of benzene rings is 2. The number of nitrogens with one attached hydrogen (secondary N) is 1. The zero-order valence-electron chi connectivity index (χ0n) is 15.5. The quantitative estimate of drug-likeness (QED) is 0.868. The van der Waals surface area contributed by atoms with Gasteiger partial charge in [-0.05, 0) is 55.5 Å². The molecule has 132 valence electrons. The van der Waals surface area contributed by atoms with Crippen molar-refractivity contribution in [3.8, 4) is 0 Å². The summed E-state index contributed by atoms with van der Waals surface area (Å²) in [5.41, 5.74) is 7.10. The van der Waals surface area contributed by atoms with Crippen LogP contribution in [0.25, 0.3) is 0 Å². The zero-order valence-corrected chi connectivity index (χ0v) is 15.5. The van der Waals surface area contributed by atoms with Gasteiger partial charge in [0.15, 0.2) is 0 Å². The highest BCUT2D eigenvalue weighted by Crippen LogP contribution is 2.26. The number of nitrogens with zero attached hydrogens (tertiary/aromatic N) is 1. The molecule has 1 aliphatic carbocycles. The second-order valence-corrected chi connectivity index (χ2v) is 7.25. The molecule has 3 heteroatoms. The van der Waals surface area contributed by atoms with Crippen molar-refractivity contribution in [3.05, 3.63) is 70.3 Å². The number of hydrogen-bond donors (Lipinski definition) is 1. The van der Waals surface area contributed by atoms with Crippen LogP contribution in [0.5, 0.6) is 0 Å². The minimum Gasteiger partial charge on any atom is -0.359 e. The van der Waals surface area contributed by atoms with E-state index in [-0.39, 0.29) is 11.8 Å². The monoisotopic (exact) mass is 336 g/mol. The highest BCUT2D eigenvalue weighted by molar-refractivity contribution is 5.79. The number of fused-ring (bicyclic) bond motifs is 2. The molecule has 1 aliphatic heterocycles. The fraction of sp³-hybridized carbons (Fsp3) is 0.409. The van der Waals surface area contributed by atoms with E-state index >= 15 is 0 Å². The Kier molecular flexibility index (Phi) is 5.54. The number of carbonyl (C=O) groups is 1. The normalized spacial score (nSPS) is 16.4. The molecule has 0 saturated heterocycles. The molecule has 2 aromatic carbocycles. The molecule has 0 fully saturated rings. The van der Waals surface area contributed by atoms with Crippen LogP contribution in [0.1, 0.15) is 27.8 Å². The fourth-order valence-electron chi connectivity index (χ4n) is 3.77. The fourth-order valence-corrected chi connectivity index (χ4v) is 3.77. The number of carbonyl (C=O) groups excluding carboxylic acids is 1. The number of hydrogen-bond acceptors (Lipinski definition) is 2. The lowest BCUT2D eigenvalue weighted by atomic mass is 9.98. The van der Waals surface area contributed by atoms with Gasteiger partial charge >= 0.3 is 0 Å². The molecular weight excluding hydrogens is 308 g/mol. The molecule has 0 unspecified atom stereocenters. The van der Waals surface area contributed by atoms with Crippen molar-refractivity contribution in [2.75, 3.05) is 20.6 Å². The lowest BCUT2D eigenvalue weighted by Gasteiger charge is -2.24. The Morgan fingerprint density at radius 3 is 2.36 bits per heavy atom. The third kappa shape index (κ3) is 4.29. The van der Waals surface area contributed by atoms with Crippen LogP contribution in [0.3, 0.4) is 0 Å². The van der Waals surface area contributed by atoms with E-state index in [0.29, 0.717) is 0 Å². The summed E-state index contributed by atoms with van der Waals surface area (Å²) in [4.78, 5) is 13.7. The van der Waals surface area contributed by atoms with Crippen LogP contribution in [0.15, 0.2) is 42.5 Å². The second kappa shape index (κ2) is 7.83. The first-order valence-electron chi connectivity index (χ1n) is 9.12. The minimum absolute atomic E-state index is 0.155. The van der Waals surface area contributed by atoms with Gasteiger partial charge in [-0.25, -0.2) is 0 Å². The summed E-state index contributed by atoms with van der Waals surface area (Å²) in [6.07, 6.45) is 3.01. The Morgan fingerprint density at radius 1 is 1.04 bits per heavy atom. The predicted octanol–water partition coefficient (Wildman–Crippen LogP) is 3.13. The lowest BCUT2D eigenvalue weighted by Crippen LogP contribution is -2.27. The summed E-state index contributed by atoms with van der Waals surface area (Å²) in [5.74, 6) is 0.318. The maximum atomic E-state index is 11.4. The summed E-state index contributed by atoms with van der Waals surface area (Å²) in [7, 11) is 3.88. The molecular formula is C22H28N2O. The lowest BCUT2D eigenvalue weighted by molar-refractivity contribution is -0.124. The van der Waals surface area contributed by atoms with Crippen molar-refractivity contribution in [1.29, 1.82) is 0 Å². The van der Waals surface area contributed by atoms with Crippen molar-refractivity contribution in [2.24, 2.45) is 5.92 Å². The summed E-state index contributed by atoms with van der Waals surface area (Å²) in [5, 5.41) is 2.70. The largest absolute Gasteiger partial charge is 0.359 e. The molecule has 25 heavy (non-hydrogen) atoms. The van der Waals surface area contributed by atoms with Crippen molar-refractivity contribution in [3.63, 3.8) is 0 Å². The van der Waals surface area contributed by atoms with Crippen molar-refractivity contribution in [2.45, 2.75) is 32.7 Å². The smallest absolute Gasteiger partial charge is 0.223 e. The molecule has 1 N–H and O–H groups in total. The topological polar surface area (TPSA) is 32.3 Å². The van der Waals surface area contributed by atoms with E-state index < -0.39 is 0 Å². The number of aryl methyl sites for hydroxylation is 1. The van der Waals surface area contributed by atoms with Crippen LogP contribution in [0, 0.1) is 12.8 Å². The van der Waals surface area contributed by atoms with Crippen molar-refractivity contribution < 1.29 is 4.79 Å². The molecule has 2 aliphatic rings. The van der Waals surface area contributed by atoms with Gasteiger partial charge in [0.25, 0.3) is 0 Å². The maximum Gasteiger partial charge on any atom is 0.223 e. The van der Waals surface area contributed by atoms with Crippen LogP contribution >= 0.6 is 0 Å². The van der Waals surface area contributed by atoms with Gasteiger partial charge in [-0.2, -0.15) is 0 Å². The molecule has 0 aromatic heterocycles. The van der Waals surface area contributed by atoms with Gasteiger partial charge in [-0.3, -0.25) is 4.79 Å². The average molecular weight is 336 g/mol. The molecule has 0 saturated carbocycles.